The van der Waals surface area contributed by atoms with Gasteiger partial charge in [-0.25, -0.2) is 12.7 Å². The van der Waals surface area contributed by atoms with Crippen LogP contribution in [0.5, 0.6) is 0 Å². The quantitative estimate of drug-likeness (QED) is 0.681. The van der Waals surface area contributed by atoms with Gasteiger partial charge in [-0.1, -0.05) is 48.5 Å². The Balaban J connectivity index is 1.73. The van der Waals surface area contributed by atoms with Crippen molar-refractivity contribution < 1.29 is 8.42 Å². The Morgan fingerprint density at radius 2 is 1.48 bits per heavy atom. The topological polar surface area (TPSA) is 50.3 Å². The van der Waals surface area contributed by atoms with E-state index in [1.165, 1.54) is 4.31 Å². The zero-order valence-electron chi connectivity index (χ0n) is 14.0. The van der Waals surface area contributed by atoms with Crippen molar-refractivity contribution in [2.75, 3.05) is 13.6 Å². The first kappa shape index (κ1) is 17.3. The van der Waals surface area contributed by atoms with Crippen LogP contribution in [0.2, 0.25) is 0 Å². The van der Waals surface area contributed by atoms with E-state index < -0.39 is 10.0 Å². The Morgan fingerprint density at radius 3 is 2.12 bits per heavy atom. The van der Waals surface area contributed by atoms with Crippen LogP contribution in [0.1, 0.15) is 5.69 Å². The maximum absolute atomic E-state index is 12.7. The molecular formula is C20H20N2O2S. The van der Waals surface area contributed by atoms with Crippen LogP contribution in [-0.4, -0.2) is 31.3 Å². The van der Waals surface area contributed by atoms with E-state index >= 15 is 0 Å². The minimum Gasteiger partial charge on any atom is -0.261 e. The second kappa shape index (κ2) is 7.59. The van der Waals surface area contributed by atoms with Gasteiger partial charge in [0.25, 0.3) is 0 Å². The fraction of sp³-hybridized carbons (Fsp3) is 0.150. The third-order valence-corrected chi connectivity index (χ3v) is 5.95. The molecule has 0 spiro atoms. The van der Waals surface area contributed by atoms with E-state index in [0.29, 0.717) is 17.9 Å². The number of benzene rings is 2. The van der Waals surface area contributed by atoms with Crippen molar-refractivity contribution in [1.29, 1.82) is 0 Å². The van der Waals surface area contributed by atoms with Gasteiger partial charge in [0.2, 0.25) is 10.0 Å². The second-order valence-corrected chi connectivity index (χ2v) is 7.83. The molecule has 0 aliphatic rings. The number of sulfonamides is 1. The first-order valence-electron chi connectivity index (χ1n) is 8.09. The number of hydrogen-bond acceptors (Lipinski definition) is 3. The number of rotatable bonds is 6. The molecule has 3 aromatic rings. The largest absolute Gasteiger partial charge is 0.261 e. The molecule has 0 aliphatic carbocycles. The predicted molar refractivity (Wildman–Crippen MR) is 99.6 cm³/mol. The van der Waals surface area contributed by atoms with Crippen LogP contribution in [0.4, 0.5) is 0 Å². The van der Waals surface area contributed by atoms with E-state index in [9.17, 15) is 8.42 Å². The summed E-state index contributed by atoms with van der Waals surface area (Å²) in [7, 11) is -1.90. The third kappa shape index (κ3) is 4.13. The SMILES string of the molecule is CN(CCc1ccccn1)S(=O)(=O)c1ccc(-c2ccccc2)cc1. The summed E-state index contributed by atoms with van der Waals surface area (Å²) in [6.45, 7) is 0.389. The Labute approximate surface area is 148 Å². The van der Waals surface area contributed by atoms with E-state index in [2.05, 4.69) is 4.98 Å². The van der Waals surface area contributed by atoms with Gasteiger partial charge in [0.05, 0.1) is 4.90 Å². The maximum atomic E-state index is 12.7. The summed E-state index contributed by atoms with van der Waals surface area (Å²) in [5, 5.41) is 0. The van der Waals surface area contributed by atoms with Gasteiger partial charge < -0.3 is 0 Å². The molecule has 0 fully saturated rings. The number of hydrogen-bond donors (Lipinski definition) is 0. The number of aromatic nitrogens is 1. The van der Waals surface area contributed by atoms with Gasteiger partial charge in [0, 0.05) is 31.9 Å². The third-order valence-electron chi connectivity index (χ3n) is 4.08. The first-order chi connectivity index (χ1) is 12.1. The molecule has 128 valence electrons. The maximum Gasteiger partial charge on any atom is 0.242 e. The molecule has 0 saturated heterocycles. The van der Waals surface area contributed by atoms with Crippen molar-refractivity contribution in [3.63, 3.8) is 0 Å². The Bertz CT molecular complexity index is 909. The molecule has 0 bridgehead atoms. The molecule has 0 aliphatic heterocycles. The average molecular weight is 352 g/mol. The van der Waals surface area contributed by atoms with Crippen molar-refractivity contribution in [1.82, 2.24) is 9.29 Å². The van der Waals surface area contributed by atoms with Crippen LogP contribution in [0.15, 0.2) is 83.9 Å². The van der Waals surface area contributed by atoms with Gasteiger partial charge in [0.1, 0.15) is 0 Å². The van der Waals surface area contributed by atoms with Crippen molar-refractivity contribution >= 4 is 10.0 Å². The second-order valence-electron chi connectivity index (χ2n) is 5.79. The van der Waals surface area contributed by atoms with Crippen LogP contribution in [0.25, 0.3) is 11.1 Å². The number of nitrogens with zero attached hydrogens (tertiary/aromatic N) is 2. The molecule has 0 unspecified atom stereocenters. The number of pyridine rings is 1. The molecule has 0 radical (unpaired) electrons. The van der Waals surface area contributed by atoms with Crippen LogP contribution in [0, 0.1) is 0 Å². The lowest BCUT2D eigenvalue weighted by molar-refractivity contribution is 0.471. The predicted octanol–water partition coefficient (Wildman–Crippen LogP) is 3.61. The van der Waals surface area contributed by atoms with Crippen LogP contribution in [-0.2, 0) is 16.4 Å². The van der Waals surface area contributed by atoms with Gasteiger partial charge >= 0.3 is 0 Å². The fourth-order valence-corrected chi connectivity index (χ4v) is 3.74. The molecular weight excluding hydrogens is 332 g/mol. The minimum atomic E-state index is -3.50. The summed E-state index contributed by atoms with van der Waals surface area (Å²) < 4.78 is 26.8. The lowest BCUT2D eigenvalue weighted by atomic mass is 10.1. The highest BCUT2D eigenvalue weighted by molar-refractivity contribution is 7.89. The van der Waals surface area contributed by atoms with E-state index in [0.717, 1.165) is 16.8 Å². The van der Waals surface area contributed by atoms with Gasteiger partial charge in [0.15, 0.2) is 0 Å². The molecule has 5 heteroatoms. The van der Waals surface area contributed by atoms with Crippen molar-refractivity contribution in [3.05, 3.63) is 84.7 Å². The highest BCUT2D eigenvalue weighted by Crippen LogP contribution is 2.22. The molecule has 3 rings (SSSR count). The zero-order valence-corrected chi connectivity index (χ0v) is 14.9. The summed E-state index contributed by atoms with van der Waals surface area (Å²) in [5.74, 6) is 0. The average Bonchev–Trinajstić information content (AvgIpc) is 2.67. The highest BCUT2D eigenvalue weighted by Gasteiger charge is 2.20. The standard InChI is InChI=1S/C20H20N2O2S/c1-22(16-14-19-9-5-6-15-21-19)25(23,24)20-12-10-18(11-13-20)17-7-3-2-4-8-17/h2-13,15H,14,16H2,1H3. The van der Waals surface area contributed by atoms with E-state index in [4.69, 9.17) is 0 Å². The molecule has 0 amide bonds. The van der Waals surface area contributed by atoms with E-state index in [1.54, 1.807) is 25.4 Å². The molecule has 4 nitrogen and oxygen atoms in total. The fourth-order valence-electron chi connectivity index (χ4n) is 2.57. The number of likely N-dealkylation sites (N-methyl/N-ethyl adjacent to an activating group) is 1. The van der Waals surface area contributed by atoms with Crippen LogP contribution < -0.4 is 0 Å². The molecule has 25 heavy (non-hydrogen) atoms. The molecule has 1 aromatic heterocycles. The Kier molecular flexibility index (Phi) is 5.26. The van der Waals surface area contributed by atoms with Gasteiger partial charge in [-0.3, -0.25) is 4.98 Å². The molecule has 0 atom stereocenters. The molecule has 1 heterocycles. The van der Waals surface area contributed by atoms with Crippen molar-refractivity contribution in [2.45, 2.75) is 11.3 Å². The van der Waals surface area contributed by atoms with Crippen LogP contribution in [0.3, 0.4) is 0 Å². The summed E-state index contributed by atoms with van der Waals surface area (Å²) in [5.41, 5.74) is 2.94. The lowest BCUT2D eigenvalue weighted by Crippen LogP contribution is -2.29. The summed E-state index contributed by atoms with van der Waals surface area (Å²) in [6, 6.07) is 22.5. The molecule has 0 N–H and O–H groups in total. The minimum absolute atomic E-state index is 0.302. The van der Waals surface area contributed by atoms with Gasteiger partial charge in [-0.2, -0.15) is 0 Å². The molecule has 0 saturated carbocycles. The van der Waals surface area contributed by atoms with Crippen LogP contribution >= 0.6 is 0 Å². The zero-order chi connectivity index (χ0) is 17.7. The highest BCUT2D eigenvalue weighted by atomic mass is 32.2. The van der Waals surface area contributed by atoms with E-state index in [1.807, 2.05) is 60.7 Å². The molecule has 2 aromatic carbocycles. The Morgan fingerprint density at radius 1 is 0.840 bits per heavy atom. The monoisotopic (exact) mass is 352 g/mol. The van der Waals surface area contributed by atoms with Gasteiger partial charge in [-0.05, 0) is 35.4 Å². The first-order valence-corrected chi connectivity index (χ1v) is 9.53. The Hall–Kier alpha value is -2.50. The lowest BCUT2D eigenvalue weighted by Gasteiger charge is -2.17. The van der Waals surface area contributed by atoms with Gasteiger partial charge in [-0.15, -0.1) is 0 Å². The smallest absolute Gasteiger partial charge is 0.242 e. The van der Waals surface area contributed by atoms with E-state index in [-0.39, 0.29) is 0 Å². The normalized spacial score (nSPS) is 11.6. The summed E-state index contributed by atoms with van der Waals surface area (Å²) in [4.78, 5) is 4.53. The van der Waals surface area contributed by atoms with Crippen molar-refractivity contribution in [3.8, 4) is 11.1 Å². The summed E-state index contributed by atoms with van der Waals surface area (Å²) >= 11 is 0. The summed E-state index contributed by atoms with van der Waals surface area (Å²) in [6.07, 6.45) is 2.30. The van der Waals surface area contributed by atoms with Crippen molar-refractivity contribution in [2.24, 2.45) is 0 Å².